The maximum absolute atomic E-state index is 12.7. The van der Waals surface area contributed by atoms with Gasteiger partial charge in [0.25, 0.3) is 5.91 Å². The molecule has 1 aromatic heterocycles. The Morgan fingerprint density at radius 1 is 1.48 bits per heavy atom. The molecule has 0 aliphatic carbocycles. The Labute approximate surface area is 129 Å². The number of morpholine rings is 1. The summed E-state index contributed by atoms with van der Waals surface area (Å²) in [7, 11) is 0. The summed E-state index contributed by atoms with van der Waals surface area (Å²) in [6.07, 6.45) is 0.882. The lowest BCUT2D eigenvalue weighted by atomic mass is 10.1. The molecule has 1 saturated heterocycles. The summed E-state index contributed by atoms with van der Waals surface area (Å²) in [5.74, 6) is 0.326. The highest BCUT2D eigenvalue weighted by Gasteiger charge is 2.30. The first-order chi connectivity index (χ1) is 10.1. The van der Waals surface area contributed by atoms with Gasteiger partial charge in [0.1, 0.15) is 10.7 Å². The van der Waals surface area contributed by atoms with Crippen molar-refractivity contribution in [2.24, 2.45) is 0 Å². The van der Waals surface area contributed by atoms with Gasteiger partial charge in [-0.3, -0.25) is 4.79 Å². The van der Waals surface area contributed by atoms with Crippen LogP contribution in [0, 0.1) is 0 Å². The maximum Gasteiger partial charge on any atom is 0.268 e. The minimum Gasteiger partial charge on any atom is -0.382 e. The molecule has 0 aromatic carbocycles. The number of nitrogens with zero attached hydrogens (tertiary/aromatic N) is 3. The second-order valence-electron chi connectivity index (χ2n) is 5.02. The number of amides is 1. The van der Waals surface area contributed by atoms with E-state index < -0.39 is 0 Å². The second-order valence-corrected chi connectivity index (χ2v) is 6.00. The largest absolute Gasteiger partial charge is 0.382 e. The van der Waals surface area contributed by atoms with Crippen molar-refractivity contribution in [1.29, 1.82) is 0 Å². The lowest BCUT2D eigenvalue weighted by Gasteiger charge is -2.34. The Hall–Kier alpha value is -1.34. The minimum atomic E-state index is -0.0152. The van der Waals surface area contributed by atoms with E-state index in [0.29, 0.717) is 30.5 Å². The highest BCUT2D eigenvalue weighted by molar-refractivity contribution is 7.18. The minimum absolute atomic E-state index is 0.0152. The van der Waals surface area contributed by atoms with Gasteiger partial charge in [0, 0.05) is 19.6 Å². The zero-order valence-electron chi connectivity index (χ0n) is 13.0. The number of nitrogens with two attached hydrogens (primary N) is 1. The molecule has 2 heterocycles. The van der Waals surface area contributed by atoms with E-state index in [-0.39, 0.29) is 11.9 Å². The molecule has 1 aliphatic rings. The maximum atomic E-state index is 12.7. The Morgan fingerprint density at radius 2 is 2.19 bits per heavy atom. The van der Waals surface area contributed by atoms with Crippen LogP contribution in [-0.2, 0) is 4.74 Å². The van der Waals surface area contributed by atoms with Crippen molar-refractivity contribution in [1.82, 2.24) is 9.88 Å². The average molecular weight is 312 g/mol. The summed E-state index contributed by atoms with van der Waals surface area (Å²) in [6, 6.07) is 0.129. The van der Waals surface area contributed by atoms with E-state index in [4.69, 9.17) is 10.5 Å². The van der Waals surface area contributed by atoms with Gasteiger partial charge in [-0.05, 0) is 20.3 Å². The van der Waals surface area contributed by atoms with Gasteiger partial charge in [-0.15, -0.1) is 0 Å². The molecule has 21 heavy (non-hydrogen) atoms. The second kappa shape index (κ2) is 7.09. The van der Waals surface area contributed by atoms with Crippen molar-refractivity contribution < 1.29 is 9.53 Å². The Balaban J connectivity index is 2.22. The molecule has 6 nitrogen and oxygen atoms in total. The lowest BCUT2D eigenvalue weighted by Crippen LogP contribution is -2.48. The number of carbonyl (C=O) groups is 1. The number of rotatable bonds is 5. The highest BCUT2D eigenvalue weighted by Crippen LogP contribution is 2.30. The van der Waals surface area contributed by atoms with Gasteiger partial charge in [-0.1, -0.05) is 18.3 Å². The molecule has 1 amide bonds. The van der Waals surface area contributed by atoms with Crippen molar-refractivity contribution in [3.8, 4) is 0 Å². The topological polar surface area (TPSA) is 71.7 Å². The molecule has 2 rings (SSSR count). The first-order valence-electron chi connectivity index (χ1n) is 7.52. The number of hydrogen-bond acceptors (Lipinski definition) is 6. The van der Waals surface area contributed by atoms with E-state index in [1.807, 2.05) is 4.90 Å². The van der Waals surface area contributed by atoms with E-state index >= 15 is 0 Å². The fourth-order valence-corrected chi connectivity index (χ4v) is 3.56. The number of ether oxygens (including phenoxy) is 1. The van der Waals surface area contributed by atoms with Crippen LogP contribution in [0.4, 0.5) is 10.9 Å². The molecule has 1 fully saturated rings. The van der Waals surface area contributed by atoms with Crippen LogP contribution in [0.5, 0.6) is 0 Å². The highest BCUT2D eigenvalue weighted by atomic mass is 32.1. The standard InChI is InChI=1S/C14H24N4O2S/c1-4-10-9-20-8-7-18(10)13(19)11-12(15)16-14(21-11)17(5-2)6-3/h10H,4-9,15H2,1-3H3. The first kappa shape index (κ1) is 16.0. The molecular weight excluding hydrogens is 288 g/mol. The van der Waals surface area contributed by atoms with Gasteiger partial charge < -0.3 is 20.3 Å². The van der Waals surface area contributed by atoms with Crippen molar-refractivity contribution in [2.45, 2.75) is 33.2 Å². The number of carbonyl (C=O) groups excluding carboxylic acids is 1. The first-order valence-corrected chi connectivity index (χ1v) is 8.33. The molecule has 1 atom stereocenters. The number of aromatic nitrogens is 1. The molecule has 0 spiro atoms. The van der Waals surface area contributed by atoms with Crippen molar-refractivity contribution in [3.63, 3.8) is 0 Å². The van der Waals surface area contributed by atoms with Crippen LogP contribution < -0.4 is 10.6 Å². The van der Waals surface area contributed by atoms with Gasteiger partial charge >= 0.3 is 0 Å². The smallest absolute Gasteiger partial charge is 0.268 e. The van der Waals surface area contributed by atoms with Gasteiger partial charge in [0.15, 0.2) is 5.13 Å². The molecular formula is C14H24N4O2S. The molecule has 1 aliphatic heterocycles. The van der Waals surface area contributed by atoms with Crippen molar-refractivity contribution >= 4 is 28.2 Å². The zero-order valence-corrected chi connectivity index (χ0v) is 13.8. The van der Waals surface area contributed by atoms with E-state index in [1.54, 1.807) is 0 Å². The third-order valence-corrected chi connectivity index (χ3v) is 4.95. The van der Waals surface area contributed by atoms with E-state index in [0.717, 1.165) is 24.6 Å². The van der Waals surface area contributed by atoms with Gasteiger partial charge in [-0.25, -0.2) is 4.98 Å². The molecule has 0 radical (unpaired) electrons. The SMILES string of the molecule is CCC1COCCN1C(=O)c1sc(N(CC)CC)nc1N. The van der Waals surface area contributed by atoms with Crippen LogP contribution in [0.1, 0.15) is 36.9 Å². The lowest BCUT2D eigenvalue weighted by molar-refractivity contribution is -0.00249. The zero-order chi connectivity index (χ0) is 15.4. The number of hydrogen-bond donors (Lipinski definition) is 1. The summed E-state index contributed by atoms with van der Waals surface area (Å²) >= 11 is 1.39. The predicted molar refractivity (Wildman–Crippen MR) is 86.0 cm³/mol. The van der Waals surface area contributed by atoms with Gasteiger partial charge in [0.2, 0.25) is 0 Å². The summed E-state index contributed by atoms with van der Waals surface area (Å²) in [6.45, 7) is 9.72. The van der Waals surface area contributed by atoms with Crippen LogP contribution in [-0.4, -0.2) is 54.7 Å². The van der Waals surface area contributed by atoms with E-state index in [1.165, 1.54) is 11.3 Å². The van der Waals surface area contributed by atoms with Crippen molar-refractivity contribution in [3.05, 3.63) is 4.88 Å². The predicted octanol–water partition coefficient (Wildman–Crippen LogP) is 1.82. The number of anilines is 2. The molecule has 0 saturated carbocycles. The van der Waals surface area contributed by atoms with Gasteiger partial charge in [0.05, 0.1) is 19.3 Å². The van der Waals surface area contributed by atoms with Gasteiger partial charge in [-0.2, -0.15) is 0 Å². The quantitative estimate of drug-likeness (QED) is 0.898. The monoisotopic (exact) mass is 312 g/mol. The molecule has 0 bridgehead atoms. The molecule has 1 unspecified atom stereocenters. The Kier molecular flexibility index (Phi) is 5.41. The molecule has 7 heteroatoms. The Morgan fingerprint density at radius 3 is 2.81 bits per heavy atom. The fraction of sp³-hybridized carbons (Fsp3) is 0.714. The summed E-state index contributed by atoms with van der Waals surface area (Å²) in [5.41, 5.74) is 5.98. The summed E-state index contributed by atoms with van der Waals surface area (Å²) in [5, 5.41) is 0.821. The van der Waals surface area contributed by atoms with Crippen LogP contribution in [0.2, 0.25) is 0 Å². The van der Waals surface area contributed by atoms with E-state index in [2.05, 4.69) is 30.7 Å². The Bertz CT molecular complexity index is 487. The van der Waals surface area contributed by atoms with Crippen LogP contribution >= 0.6 is 11.3 Å². The van der Waals surface area contributed by atoms with Crippen molar-refractivity contribution in [2.75, 3.05) is 43.5 Å². The van der Waals surface area contributed by atoms with Crippen LogP contribution in [0.3, 0.4) is 0 Å². The molecule has 1 aromatic rings. The normalized spacial score (nSPS) is 18.8. The number of thiazole rings is 1. The molecule has 118 valence electrons. The number of nitrogen functional groups attached to an aromatic ring is 1. The average Bonchev–Trinajstić information content (AvgIpc) is 2.89. The van der Waals surface area contributed by atoms with Crippen LogP contribution in [0.25, 0.3) is 0 Å². The summed E-state index contributed by atoms with van der Waals surface area (Å²) in [4.78, 5) is 21.6. The summed E-state index contributed by atoms with van der Waals surface area (Å²) < 4.78 is 5.45. The molecule has 2 N–H and O–H groups in total. The van der Waals surface area contributed by atoms with Crippen LogP contribution in [0.15, 0.2) is 0 Å². The third-order valence-electron chi connectivity index (χ3n) is 3.83. The van der Waals surface area contributed by atoms with E-state index in [9.17, 15) is 4.79 Å². The third kappa shape index (κ3) is 3.29. The fourth-order valence-electron chi connectivity index (χ4n) is 2.49.